The second-order valence-corrected chi connectivity index (χ2v) is 8.71. The number of fused-ring (bicyclic) bond motifs is 1. The van der Waals surface area contributed by atoms with Gasteiger partial charge >= 0.3 is 6.16 Å². The van der Waals surface area contributed by atoms with Crippen LogP contribution in [0.4, 0.5) is 4.79 Å². The van der Waals surface area contributed by atoms with Gasteiger partial charge in [0.25, 0.3) is 0 Å². The van der Waals surface area contributed by atoms with Gasteiger partial charge in [0, 0.05) is 5.56 Å². The van der Waals surface area contributed by atoms with E-state index in [0.29, 0.717) is 17.2 Å². The fourth-order valence-corrected chi connectivity index (χ4v) is 4.30. The predicted octanol–water partition coefficient (Wildman–Crippen LogP) is 4.17. The van der Waals surface area contributed by atoms with Crippen molar-refractivity contribution in [3.63, 3.8) is 0 Å². The quantitative estimate of drug-likeness (QED) is 0.388. The molecule has 2 saturated heterocycles. The van der Waals surface area contributed by atoms with Crippen LogP contribution < -0.4 is 14.2 Å². The molecule has 194 valence electrons. The van der Waals surface area contributed by atoms with E-state index in [0.717, 1.165) is 11.1 Å². The number of hydrogen-bond donors (Lipinski definition) is 1. The predicted molar refractivity (Wildman–Crippen MR) is 130 cm³/mol. The van der Waals surface area contributed by atoms with Crippen molar-refractivity contribution >= 4 is 6.16 Å². The van der Waals surface area contributed by atoms with Gasteiger partial charge in [-0.1, -0.05) is 48.5 Å². The zero-order chi connectivity index (χ0) is 25.8. The van der Waals surface area contributed by atoms with Gasteiger partial charge in [-0.05, 0) is 42.8 Å². The summed E-state index contributed by atoms with van der Waals surface area (Å²) in [5, 5.41) is 11.3. The molecule has 2 heterocycles. The zero-order valence-electron chi connectivity index (χ0n) is 20.4. The third-order valence-corrected chi connectivity index (χ3v) is 6.18. The summed E-state index contributed by atoms with van der Waals surface area (Å²) < 4.78 is 40.3. The van der Waals surface area contributed by atoms with Crippen LogP contribution in [0.5, 0.6) is 17.2 Å². The maximum absolute atomic E-state index is 12.7. The number of aliphatic hydroxyl groups excluding tert-OH is 1. The molecule has 37 heavy (non-hydrogen) atoms. The Morgan fingerprint density at radius 3 is 2.38 bits per heavy atom. The van der Waals surface area contributed by atoms with Crippen LogP contribution >= 0.6 is 0 Å². The number of hydrogen-bond acceptors (Lipinski definition) is 9. The Balaban J connectivity index is 1.37. The van der Waals surface area contributed by atoms with E-state index in [1.165, 1.54) is 0 Å². The lowest BCUT2D eigenvalue weighted by Crippen LogP contribution is -2.64. The molecule has 3 aromatic carbocycles. The van der Waals surface area contributed by atoms with Crippen LogP contribution in [0.25, 0.3) is 0 Å². The fraction of sp³-hybridized carbons (Fsp3) is 0.321. The van der Waals surface area contributed by atoms with E-state index >= 15 is 0 Å². The third kappa shape index (κ3) is 5.70. The number of carbonyl (C=O) groups is 1. The maximum atomic E-state index is 12.7. The Bertz CT molecular complexity index is 1190. The van der Waals surface area contributed by atoms with E-state index < -0.39 is 43.2 Å². The highest BCUT2D eigenvalue weighted by Crippen LogP contribution is 2.37. The van der Waals surface area contributed by atoms with Crippen LogP contribution in [0.3, 0.4) is 0 Å². The molecule has 0 spiro atoms. The van der Waals surface area contributed by atoms with Crippen molar-refractivity contribution in [1.29, 1.82) is 0 Å². The lowest BCUT2D eigenvalue weighted by molar-refractivity contribution is -0.349. The Hall–Kier alpha value is -3.63. The van der Waals surface area contributed by atoms with Gasteiger partial charge in [0.2, 0.25) is 6.29 Å². The van der Waals surface area contributed by atoms with Gasteiger partial charge < -0.3 is 38.3 Å². The molecule has 0 radical (unpaired) electrons. The van der Waals surface area contributed by atoms with Gasteiger partial charge in [-0.25, -0.2) is 4.79 Å². The summed E-state index contributed by atoms with van der Waals surface area (Å²) in [7, 11) is 1.58. The minimum Gasteiger partial charge on any atom is -0.497 e. The number of ether oxygens (including phenoxy) is 7. The van der Waals surface area contributed by atoms with Gasteiger partial charge in [-0.2, -0.15) is 0 Å². The first-order valence-electron chi connectivity index (χ1n) is 11.9. The van der Waals surface area contributed by atoms with E-state index in [9.17, 15) is 9.90 Å². The fourth-order valence-electron chi connectivity index (χ4n) is 4.30. The molecule has 2 fully saturated rings. The first kappa shape index (κ1) is 25.0. The van der Waals surface area contributed by atoms with E-state index in [4.69, 9.17) is 33.2 Å². The smallest absolute Gasteiger partial charge is 0.497 e. The number of aryl methyl sites for hydroxylation is 1. The Morgan fingerprint density at radius 2 is 1.68 bits per heavy atom. The van der Waals surface area contributed by atoms with Crippen LogP contribution in [0.1, 0.15) is 17.4 Å². The first-order chi connectivity index (χ1) is 18.0. The van der Waals surface area contributed by atoms with Gasteiger partial charge in [-0.3, -0.25) is 0 Å². The highest BCUT2D eigenvalue weighted by atomic mass is 16.8. The highest BCUT2D eigenvalue weighted by Gasteiger charge is 2.52. The summed E-state index contributed by atoms with van der Waals surface area (Å²) >= 11 is 0. The molecule has 9 nitrogen and oxygen atoms in total. The summed E-state index contributed by atoms with van der Waals surface area (Å²) in [5.74, 6) is 1.46. The topological polar surface area (TPSA) is 102 Å². The molecular formula is C28H28O9. The molecule has 2 aliphatic heterocycles. The molecule has 2 aliphatic rings. The third-order valence-electron chi connectivity index (χ3n) is 6.18. The van der Waals surface area contributed by atoms with Crippen molar-refractivity contribution < 1.29 is 43.1 Å². The van der Waals surface area contributed by atoms with Crippen LogP contribution in [0, 0.1) is 6.92 Å². The summed E-state index contributed by atoms with van der Waals surface area (Å²) in [6.45, 7) is 1.98. The average Bonchev–Trinajstić information content (AvgIpc) is 2.92. The van der Waals surface area contributed by atoms with Gasteiger partial charge in [0.15, 0.2) is 18.5 Å². The summed E-state index contributed by atoms with van der Waals surface area (Å²) in [6, 6.07) is 23.1. The van der Waals surface area contributed by atoms with Crippen molar-refractivity contribution in [2.24, 2.45) is 0 Å². The van der Waals surface area contributed by atoms with Crippen LogP contribution in [-0.4, -0.2) is 55.7 Å². The minimum atomic E-state index is -1.39. The minimum absolute atomic E-state index is 0.131. The lowest BCUT2D eigenvalue weighted by atomic mass is 9.97. The number of aliphatic hydroxyl groups is 1. The molecule has 0 saturated carbocycles. The number of rotatable bonds is 6. The van der Waals surface area contributed by atoms with Crippen molar-refractivity contribution in [3.05, 3.63) is 90.0 Å². The molecule has 4 unspecified atom stereocenters. The summed E-state index contributed by atoms with van der Waals surface area (Å²) in [5.41, 5.74) is 1.56. The Morgan fingerprint density at radius 1 is 0.946 bits per heavy atom. The number of carbonyl (C=O) groups excluding carboxylic acids is 1. The normalized spacial score (nSPS) is 27.0. The first-order valence-corrected chi connectivity index (χ1v) is 11.9. The van der Waals surface area contributed by atoms with Crippen molar-refractivity contribution in [1.82, 2.24) is 0 Å². The second kappa shape index (κ2) is 11.2. The van der Waals surface area contributed by atoms with Crippen molar-refractivity contribution in [2.75, 3.05) is 13.7 Å². The summed E-state index contributed by atoms with van der Waals surface area (Å²) in [6.07, 6.45) is -6.94. The molecule has 6 atom stereocenters. The molecule has 9 heteroatoms. The molecule has 0 aromatic heterocycles. The molecular weight excluding hydrogens is 480 g/mol. The van der Waals surface area contributed by atoms with Crippen LogP contribution in [-0.2, 0) is 18.9 Å². The molecule has 3 aromatic rings. The van der Waals surface area contributed by atoms with Crippen molar-refractivity contribution in [2.45, 2.75) is 43.9 Å². The van der Waals surface area contributed by atoms with Gasteiger partial charge in [0.05, 0.1) is 13.7 Å². The molecule has 0 amide bonds. The molecule has 0 aliphatic carbocycles. The van der Waals surface area contributed by atoms with Crippen molar-refractivity contribution in [3.8, 4) is 17.2 Å². The van der Waals surface area contributed by atoms with E-state index in [-0.39, 0.29) is 6.61 Å². The molecule has 5 rings (SSSR count). The standard InChI is InChI=1S/C28H28O9/c1-17-15-20(31-2)13-14-21(17)34-27-23(29)25(37-28(30)33-19-11-7-4-8-12-19)24-22(35-27)16-32-26(36-24)18-9-5-3-6-10-18/h3-15,22-27,29H,16H2,1-2H3/t22?,23?,24-,25?,26?,27+/m0/s1. The largest absolute Gasteiger partial charge is 0.514 e. The van der Waals surface area contributed by atoms with Gasteiger partial charge in [-0.15, -0.1) is 0 Å². The van der Waals surface area contributed by atoms with Gasteiger partial charge in [0.1, 0.15) is 29.5 Å². The molecule has 1 N–H and O–H groups in total. The van der Waals surface area contributed by atoms with E-state index in [1.54, 1.807) is 55.6 Å². The van der Waals surface area contributed by atoms with Crippen LogP contribution in [0.2, 0.25) is 0 Å². The SMILES string of the molecule is COc1ccc(O[C@@H]2OC3COC(c4ccccc4)O[C@@H]3C(OC(=O)Oc3ccccc3)C2O)c(C)c1. The second-order valence-electron chi connectivity index (χ2n) is 8.71. The maximum Gasteiger partial charge on any atom is 0.514 e. The average molecular weight is 509 g/mol. The van der Waals surface area contributed by atoms with E-state index in [1.807, 2.05) is 37.3 Å². The number of methoxy groups -OCH3 is 1. The number of para-hydroxylation sites is 1. The zero-order valence-corrected chi connectivity index (χ0v) is 20.4. The lowest BCUT2D eigenvalue weighted by Gasteiger charge is -2.47. The molecule has 0 bridgehead atoms. The monoisotopic (exact) mass is 508 g/mol. The van der Waals surface area contributed by atoms with Crippen LogP contribution in [0.15, 0.2) is 78.9 Å². The highest BCUT2D eigenvalue weighted by molar-refractivity contribution is 5.64. The number of benzene rings is 3. The summed E-state index contributed by atoms with van der Waals surface area (Å²) in [4.78, 5) is 12.7. The Labute approximate surface area is 214 Å². The Kier molecular flexibility index (Phi) is 7.57. The van der Waals surface area contributed by atoms with E-state index in [2.05, 4.69) is 0 Å².